The zero-order valence-electron chi connectivity index (χ0n) is 19.8. The summed E-state index contributed by atoms with van der Waals surface area (Å²) in [5.74, 6) is -1.79. The van der Waals surface area contributed by atoms with Crippen LogP contribution in [0.1, 0.15) is 40.0 Å². The SMILES string of the molecule is Cn1nc(Cc2ccc(C(=O)NCC(=O)N3CCC(C(=O)O)CC3)cc2)c2ccc(/C(N)=N/O)cc21. The van der Waals surface area contributed by atoms with Gasteiger partial charge in [0.15, 0.2) is 5.84 Å². The summed E-state index contributed by atoms with van der Waals surface area (Å²) in [5, 5.41) is 29.2. The molecule has 2 aromatic carbocycles. The molecule has 0 aliphatic carbocycles. The zero-order chi connectivity index (χ0) is 25.8. The maximum Gasteiger partial charge on any atom is 0.306 e. The van der Waals surface area contributed by atoms with Crippen LogP contribution < -0.4 is 11.1 Å². The van der Waals surface area contributed by atoms with Gasteiger partial charge in [0.05, 0.1) is 23.7 Å². The number of carboxylic acids is 1. The van der Waals surface area contributed by atoms with Crippen molar-refractivity contribution in [2.24, 2.45) is 23.9 Å². The molecule has 1 aliphatic rings. The number of nitrogens with two attached hydrogens (primary N) is 1. The van der Waals surface area contributed by atoms with E-state index in [2.05, 4.69) is 15.6 Å². The zero-order valence-corrected chi connectivity index (χ0v) is 19.8. The number of nitrogens with one attached hydrogen (secondary N) is 1. The summed E-state index contributed by atoms with van der Waals surface area (Å²) in [4.78, 5) is 37.5. The van der Waals surface area contributed by atoms with Crippen molar-refractivity contribution in [2.45, 2.75) is 19.3 Å². The molecular formula is C25H28N6O5. The minimum absolute atomic E-state index is 0.0259. The third-order valence-corrected chi connectivity index (χ3v) is 6.52. The number of hydrogen-bond donors (Lipinski definition) is 4. The highest BCUT2D eigenvalue weighted by atomic mass is 16.4. The molecule has 0 bridgehead atoms. The van der Waals surface area contributed by atoms with E-state index >= 15 is 0 Å². The number of carbonyl (C=O) groups excluding carboxylic acids is 2. The molecule has 2 heterocycles. The minimum Gasteiger partial charge on any atom is -0.481 e. The molecule has 1 aliphatic heterocycles. The van der Waals surface area contributed by atoms with Crippen LogP contribution >= 0.6 is 0 Å². The Morgan fingerprint density at radius 2 is 1.78 bits per heavy atom. The van der Waals surface area contributed by atoms with E-state index in [1.807, 2.05) is 31.3 Å². The lowest BCUT2D eigenvalue weighted by molar-refractivity contribution is -0.145. The number of aromatic nitrogens is 2. The second kappa shape index (κ2) is 10.5. The van der Waals surface area contributed by atoms with Crippen molar-refractivity contribution in [2.75, 3.05) is 19.6 Å². The molecule has 188 valence electrons. The molecule has 5 N–H and O–H groups in total. The second-order valence-corrected chi connectivity index (χ2v) is 8.84. The van der Waals surface area contributed by atoms with E-state index in [9.17, 15) is 14.4 Å². The van der Waals surface area contributed by atoms with Gasteiger partial charge in [0, 0.05) is 43.1 Å². The van der Waals surface area contributed by atoms with Crippen LogP contribution in [-0.2, 0) is 23.1 Å². The van der Waals surface area contributed by atoms with Gasteiger partial charge in [-0.25, -0.2) is 0 Å². The summed E-state index contributed by atoms with van der Waals surface area (Å²) in [7, 11) is 1.82. The van der Waals surface area contributed by atoms with Crippen LogP contribution in [-0.4, -0.2) is 68.2 Å². The Morgan fingerprint density at radius 1 is 1.11 bits per heavy atom. The number of aryl methyl sites for hydroxylation is 1. The maximum absolute atomic E-state index is 12.5. The number of piperidine rings is 1. The van der Waals surface area contributed by atoms with Crippen LogP contribution in [0.4, 0.5) is 0 Å². The number of nitrogens with zero attached hydrogens (tertiary/aromatic N) is 4. The topological polar surface area (TPSA) is 163 Å². The molecule has 0 spiro atoms. The number of aliphatic carboxylic acids is 1. The van der Waals surface area contributed by atoms with Gasteiger partial charge in [0.1, 0.15) is 0 Å². The predicted octanol–water partition coefficient (Wildman–Crippen LogP) is 1.31. The summed E-state index contributed by atoms with van der Waals surface area (Å²) in [5.41, 5.74) is 9.39. The van der Waals surface area contributed by atoms with Gasteiger partial charge in [-0.05, 0) is 36.6 Å². The molecule has 3 aromatic rings. The molecular weight excluding hydrogens is 464 g/mol. The van der Waals surface area contributed by atoms with Crippen molar-refractivity contribution in [3.63, 3.8) is 0 Å². The molecule has 11 heteroatoms. The number of hydrogen-bond acceptors (Lipinski definition) is 6. The fourth-order valence-corrected chi connectivity index (χ4v) is 4.39. The van der Waals surface area contributed by atoms with Crippen LogP contribution in [0.5, 0.6) is 0 Å². The fraction of sp³-hybridized carbons (Fsp3) is 0.320. The smallest absolute Gasteiger partial charge is 0.306 e. The molecule has 11 nitrogen and oxygen atoms in total. The van der Waals surface area contributed by atoms with Crippen LogP contribution in [0.25, 0.3) is 10.9 Å². The first-order valence-electron chi connectivity index (χ1n) is 11.6. The van der Waals surface area contributed by atoms with Crippen molar-refractivity contribution in [1.29, 1.82) is 0 Å². The van der Waals surface area contributed by atoms with Crippen LogP contribution in [0.2, 0.25) is 0 Å². The van der Waals surface area contributed by atoms with Crippen molar-refractivity contribution >= 4 is 34.5 Å². The number of carbonyl (C=O) groups is 3. The lowest BCUT2D eigenvalue weighted by Gasteiger charge is -2.30. The van der Waals surface area contributed by atoms with Gasteiger partial charge in [0.2, 0.25) is 5.91 Å². The predicted molar refractivity (Wildman–Crippen MR) is 132 cm³/mol. The first kappa shape index (κ1) is 24.7. The maximum atomic E-state index is 12.5. The Balaban J connectivity index is 1.35. The molecule has 0 saturated carbocycles. The van der Waals surface area contributed by atoms with Gasteiger partial charge < -0.3 is 26.3 Å². The van der Waals surface area contributed by atoms with E-state index in [-0.39, 0.29) is 24.2 Å². The van der Waals surface area contributed by atoms with Crippen molar-refractivity contribution in [3.05, 3.63) is 64.8 Å². The lowest BCUT2D eigenvalue weighted by atomic mass is 9.97. The van der Waals surface area contributed by atoms with E-state index in [1.54, 1.807) is 27.8 Å². The lowest BCUT2D eigenvalue weighted by Crippen LogP contribution is -2.45. The van der Waals surface area contributed by atoms with E-state index in [0.717, 1.165) is 22.2 Å². The Morgan fingerprint density at radius 3 is 2.42 bits per heavy atom. The highest BCUT2D eigenvalue weighted by Crippen LogP contribution is 2.22. The summed E-state index contributed by atoms with van der Waals surface area (Å²) >= 11 is 0. The molecule has 2 amide bonds. The number of benzene rings is 2. The van der Waals surface area contributed by atoms with E-state index in [1.165, 1.54) is 0 Å². The quantitative estimate of drug-likeness (QED) is 0.167. The van der Waals surface area contributed by atoms with Gasteiger partial charge in [-0.15, -0.1) is 0 Å². The minimum atomic E-state index is -0.831. The number of fused-ring (bicyclic) bond motifs is 1. The largest absolute Gasteiger partial charge is 0.481 e. The number of amidine groups is 1. The number of rotatable bonds is 7. The van der Waals surface area contributed by atoms with Crippen LogP contribution in [0.15, 0.2) is 47.6 Å². The first-order chi connectivity index (χ1) is 17.3. The standard InChI is InChI=1S/C25H28N6O5/c1-30-21-13-18(23(26)29-36)6-7-19(21)20(28-30)12-15-2-4-16(5-3-15)24(33)27-14-22(32)31-10-8-17(9-11-31)25(34)35/h2-7,13,17,36H,8-12,14H2,1H3,(H2,26,29)(H,27,33)(H,34,35). The first-order valence-corrected chi connectivity index (χ1v) is 11.6. The number of amides is 2. The molecule has 1 saturated heterocycles. The van der Waals surface area contributed by atoms with Crippen LogP contribution in [0, 0.1) is 5.92 Å². The molecule has 36 heavy (non-hydrogen) atoms. The van der Waals surface area contributed by atoms with Gasteiger partial charge in [0.25, 0.3) is 5.91 Å². The Bertz CT molecular complexity index is 1320. The average molecular weight is 493 g/mol. The third-order valence-electron chi connectivity index (χ3n) is 6.52. The summed E-state index contributed by atoms with van der Waals surface area (Å²) < 4.78 is 1.74. The molecule has 1 aromatic heterocycles. The number of oxime groups is 1. The van der Waals surface area contributed by atoms with E-state index in [0.29, 0.717) is 43.5 Å². The van der Waals surface area contributed by atoms with Gasteiger partial charge in [-0.1, -0.05) is 29.4 Å². The molecule has 4 rings (SSSR count). The van der Waals surface area contributed by atoms with E-state index in [4.69, 9.17) is 16.0 Å². The summed E-state index contributed by atoms with van der Waals surface area (Å²) in [6, 6.07) is 12.6. The third kappa shape index (κ3) is 5.29. The second-order valence-electron chi connectivity index (χ2n) is 8.84. The summed E-state index contributed by atoms with van der Waals surface area (Å²) in [6.45, 7) is 0.629. The van der Waals surface area contributed by atoms with Crippen molar-refractivity contribution in [1.82, 2.24) is 20.0 Å². The number of likely N-dealkylation sites (tertiary alicyclic amines) is 1. The van der Waals surface area contributed by atoms with Gasteiger partial charge >= 0.3 is 5.97 Å². The normalized spacial score (nSPS) is 14.7. The Hall–Kier alpha value is -4.41. The molecule has 0 unspecified atom stereocenters. The Kier molecular flexibility index (Phi) is 7.18. The highest BCUT2D eigenvalue weighted by molar-refractivity contribution is 6.00. The molecule has 1 fully saturated rings. The van der Waals surface area contributed by atoms with Gasteiger partial charge in [-0.3, -0.25) is 19.1 Å². The molecule has 0 atom stereocenters. The fourth-order valence-electron chi connectivity index (χ4n) is 4.39. The average Bonchev–Trinajstić information content (AvgIpc) is 3.21. The number of carboxylic acid groups (broad SMARTS) is 1. The Labute approximate surface area is 207 Å². The highest BCUT2D eigenvalue weighted by Gasteiger charge is 2.27. The van der Waals surface area contributed by atoms with E-state index < -0.39 is 11.9 Å². The molecule has 0 radical (unpaired) electrons. The van der Waals surface area contributed by atoms with Crippen molar-refractivity contribution < 1.29 is 24.7 Å². The summed E-state index contributed by atoms with van der Waals surface area (Å²) in [6.07, 6.45) is 1.40. The van der Waals surface area contributed by atoms with Gasteiger partial charge in [-0.2, -0.15) is 5.10 Å². The monoisotopic (exact) mass is 492 g/mol. The van der Waals surface area contributed by atoms with Crippen molar-refractivity contribution in [3.8, 4) is 0 Å². The van der Waals surface area contributed by atoms with Crippen LogP contribution in [0.3, 0.4) is 0 Å².